The minimum absolute atomic E-state index is 0.0156. The highest BCUT2D eigenvalue weighted by molar-refractivity contribution is 5.94. The van der Waals surface area contributed by atoms with E-state index >= 15 is 0 Å². The minimum Gasteiger partial charge on any atom is -0.369 e. The zero-order chi connectivity index (χ0) is 24.1. The molecule has 1 amide bonds. The predicted molar refractivity (Wildman–Crippen MR) is 139 cm³/mol. The summed E-state index contributed by atoms with van der Waals surface area (Å²) in [5.41, 5.74) is 5.12. The molecule has 1 atom stereocenters. The van der Waals surface area contributed by atoms with Crippen molar-refractivity contribution in [3.63, 3.8) is 0 Å². The number of benzene rings is 2. The smallest absolute Gasteiger partial charge is 0.261 e. The Morgan fingerprint density at radius 1 is 0.971 bits per heavy atom. The topological polar surface area (TPSA) is 68.4 Å². The molecule has 0 spiro atoms. The number of anilines is 1. The number of piperazine rings is 1. The summed E-state index contributed by atoms with van der Waals surface area (Å²) in [5.74, 6) is -0.325. The SMILES string of the molecule is Cc1cccc(-c2ccc(C(=O)NC(C)CCN3CCN(c4cccc(C)c4)CC3)c(=O)[nH]2)c1. The van der Waals surface area contributed by atoms with E-state index < -0.39 is 0 Å². The molecule has 3 aromatic rings. The number of hydrogen-bond acceptors (Lipinski definition) is 4. The molecule has 178 valence electrons. The Bertz CT molecular complexity index is 1190. The highest BCUT2D eigenvalue weighted by Crippen LogP contribution is 2.18. The first kappa shape index (κ1) is 23.8. The lowest BCUT2D eigenvalue weighted by Crippen LogP contribution is -2.47. The zero-order valence-electron chi connectivity index (χ0n) is 20.3. The van der Waals surface area contributed by atoms with Crippen LogP contribution in [0.4, 0.5) is 5.69 Å². The number of amides is 1. The summed E-state index contributed by atoms with van der Waals surface area (Å²) in [6.45, 7) is 11.1. The molecule has 6 nitrogen and oxygen atoms in total. The van der Waals surface area contributed by atoms with Crippen LogP contribution >= 0.6 is 0 Å². The molecule has 1 aliphatic rings. The molecule has 1 saturated heterocycles. The van der Waals surface area contributed by atoms with Crippen LogP contribution in [0.25, 0.3) is 11.3 Å². The first-order valence-corrected chi connectivity index (χ1v) is 12.0. The van der Waals surface area contributed by atoms with Crippen molar-refractivity contribution in [2.24, 2.45) is 0 Å². The Morgan fingerprint density at radius 3 is 2.35 bits per heavy atom. The van der Waals surface area contributed by atoms with E-state index in [-0.39, 0.29) is 23.1 Å². The highest BCUT2D eigenvalue weighted by atomic mass is 16.2. The number of aromatic nitrogens is 1. The maximum absolute atomic E-state index is 12.7. The van der Waals surface area contributed by atoms with Crippen LogP contribution in [0.3, 0.4) is 0 Å². The van der Waals surface area contributed by atoms with E-state index in [1.807, 2.05) is 38.1 Å². The summed E-state index contributed by atoms with van der Waals surface area (Å²) in [4.78, 5) is 33.0. The monoisotopic (exact) mass is 458 g/mol. The molecule has 2 aromatic carbocycles. The third-order valence-electron chi connectivity index (χ3n) is 6.48. The van der Waals surface area contributed by atoms with Crippen molar-refractivity contribution in [1.82, 2.24) is 15.2 Å². The molecule has 1 aliphatic heterocycles. The molecule has 0 saturated carbocycles. The Labute approximate surface area is 201 Å². The second-order valence-electron chi connectivity index (χ2n) is 9.32. The van der Waals surface area contributed by atoms with Crippen LogP contribution in [-0.4, -0.2) is 54.6 Å². The minimum atomic E-state index is -0.365. The number of H-pyrrole nitrogens is 1. The summed E-state index contributed by atoms with van der Waals surface area (Å²) >= 11 is 0. The van der Waals surface area contributed by atoms with Gasteiger partial charge in [0.05, 0.1) is 0 Å². The largest absolute Gasteiger partial charge is 0.369 e. The maximum Gasteiger partial charge on any atom is 0.261 e. The van der Waals surface area contributed by atoms with E-state index in [9.17, 15) is 9.59 Å². The fourth-order valence-corrected chi connectivity index (χ4v) is 4.44. The number of rotatable bonds is 7. The van der Waals surface area contributed by atoms with Crippen molar-refractivity contribution in [2.45, 2.75) is 33.2 Å². The van der Waals surface area contributed by atoms with E-state index in [1.54, 1.807) is 12.1 Å². The van der Waals surface area contributed by atoms with Gasteiger partial charge >= 0.3 is 0 Å². The zero-order valence-corrected chi connectivity index (χ0v) is 20.3. The van der Waals surface area contributed by atoms with E-state index in [2.05, 4.69) is 51.3 Å². The van der Waals surface area contributed by atoms with Crippen LogP contribution in [0, 0.1) is 13.8 Å². The number of aryl methyl sites for hydroxylation is 2. The van der Waals surface area contributed by atoms with Gasteiger partial charge in [0.25, 0.3) is 11.5 Å². The van der Waals surface area contributed by atoms with Crippen molar-refractivity contribution in [2.75, 3.05) is 37.6 Å². The van der Waals surface area contributed by atoms with E-state index in [0.717, 1.165) is 50.3 Å². The lowest BCUT2D eigenvalue weighted by Gasteiger charge is -2.36. The van der Waals surface area contributed by atoms with Gasteiger partial charge in [0.2, 0.25) is 0 Å². The lowest BCUT2D eigenvalue weighted by molar-refractivity contribution is 0.0933. The quantitative estimate of drug-likeness (QED) is 0.562. The number of pyridine rings is 1. The highest BCUT2D eigenvalue weighted by Gasteiger charge is 2.19. The third-order valence-corrected chi connectivity index (χ3v) is 6.48. The van der Waals surface area contributed by atoms with Gasteiger partial charge in [-0.25, -0.2) is 0 Å². The van der Waals surface area contributed by atoms with E-state index in [4.69, 9.17) is 0 Å². The van der Waals surface area contributed by atoms with Crippen LogP contribution in [0.15, 0.2) is 65.5 Å². The average Bonchev–Trinajstić information content (AvgIpc) is 2.83. The second-order valence-corrected chi connectivity index (χ2v) is 9.32. The van der Waals surface area contributed by atoms with Crippen LogP contribution in [0.5, 0.6) is 0 Å². The first-order chi connectivity index (χ1) is 16.4. The summed E-state index contributed by atoms with van der Waals surface area (Å²) in [6.07, 6.45) is 0.843. The third kappa shape index (κ3) is 5.94. The predicted octanol–water partition coefficient (Wildman–Crippen LogP) is 3.99. The standard InChI is InChI=1S/C28H34N4O2/c1-20-6-4-8-23(18-20)26-11-10-25(28(34)30-26)27(33)29-22(3)12-13-31-14-16-32(17-15-31)24-9-5-7-21(2)19-24/h4-11,18-19,22H,12-17H2,1-3H3,(H,29,33)(H,30,34). The molecule has 0 radical (unpaired) electrons. The molecule has 34 heavy (non-hydrogen) atoms. The Hall–Kier alpha value is -3.38. The Kier molecular flexibility index (Phi) is 7.48. The number of aromatic amines is 1. The van der Waals surface area contributed by atoms with Crippen LogP contribution in [-0.2, 0) is 0 Å². The molecular formula is C28H34N4O2. The van der Waals surface area contributed by atoms with Crippen molar-refractivity contribution in [3.05, 3.63) is 87.7 Å². The molecule has 6 heteroatoms. The molecule has 4 rings (SSSR count). The fraction of sp³-hybridized carbons (Fsp3) is 0.357. The van der Waals surface area contributed by atoms with E-state index in [0.29, 0.717) is 5.69 Å². The average molecular weight is 459 g/mol. The maximum atomic E-state index is 12.7. The van der Waals surface area contributed by atoms with Crippen LogP contribution in [0.2, 0.25) is 0 Å². The molecule has 2 heterocycles. The molecule has 2 N–H and O–H groups in total. The normalized spacial score (nSPS) is 15.2. The van der Waals surface area contributed by atoms with Crippen molar-refractivity contribution in [3.8, 4) is 11.3 Å². The van der Waals surface area contributed by atoms with Gasteiger partial charge in [-0.2, -0.15) is 0 Å². The number of carbonyl (C=O) groups is 1. The summed E-state index contributed by atoms with van der Waals surface area (Å²) in [5, 5.41) is 2.99. The van der Waals surface area contributed by atoms with Crippen LogP contribution < -0.4 is 15.8 Å². The summed E-state index contributed by atoms with van der Waals surface area (Å²) < 4.78 is 0. The number of hydrogen-bond donors (Lipinski definition) is 2. The molecule has 1 fully saturated rings. The van der Waals surface area contributed by atoms with Gasteiger partial charge in [0.15, 0.2) is 0 Å². The van der Waals surface area contributed by atoms with Crippen LogP contribution in [0.1, 0.15) is 34.8 Å². The Morgan fingerprint density at radius 2 is 1.68 bits per heavy atom. The van der Waals surface area contributed by atoms with Gasteiger partial charge < -0.3 is 15.2 Å². The molecule has 0 aliphatic carbocycles. The van der Waals surface area contributed by atoms with E-state index in [1.165, 1.54) is 11.3 Å². The van der Waals surface area contributed by atoms with Gasteiger partial charge in [-0.15, -0.1) is 0 Å². The van der Waals surface area contributed by atoms with Crippen molar-refractivity contribution >= 4 is 11.6 Å². The first-order valence-electron chi connectivity index (χ1n) is 12.0. The lowest BCUT2D eigenvalue weighted by atomic mass is 10.1. The molecular weight excluding hydrogens is 424 g/mol. The van der Waals surface area contributed by atoms with Gasteiger partial charge in [-0.1, -0.05) is 35.9 Å². The summed E-state index contributed by atoms with van der Waals surface area (Å²) in [6, 6.07) is 20.0. The molecule has 0 bridgehead atoms. The second kappa shape index (κ2) is 10.7. The van der Waals surface area contributed by atoms with Gasteiger partial charge in [-0.05, 0) is 68.7 Å². The molecule has 1 unspecified atom stereocenters. The van der Waals surface area contributed by atoms with Gasteiger partial charge in [-0.3, -0.25) is 14.5 Å². The van der Waals surface area contributed by atoms with Crippen molar-refractivity contribution in [1.29, 1.82) is 0 Å². The fourth-order valence-electron chi connectivity index (χ4n) is 4.44. The number of nitrogens with zero attached hydrogens (tertiary/aromatic N) is 2. The van der Waals surface area contributed by atoms with Gasteiger partial charge in [0.1, 0.15) is 5.56 Å². The van der Waals surface area contributed by atoms with Crippen molar-refractivity contribution < 1.29 is 4.79 Å². The number of nitrogens with one attached hydrogen (secondary N) is 2. The number of carbonyl (C=O) groups excluding carboxylic acids is 1. The summed E-state index contributed by atoms with van der Waals surface area (Å²) in [7, 11) is 0. The Balaban J connectivity index is 1.26. The van der Waals surface area contributed by atoms with Gasteiger partial charge in [0, 0.05) is 50.1 Å². The molecule has 1 aromatic heterocycles.